The fraction of sp³-hybridized carbons (Fsp3) is 0.217. The highest BCUT2D eigenvalue weighted by Crippen LogP contribution is 2.44. The quantitative estimate of drug-likeness (QED) is 0.545. The van der Waals surface area contributed by atoms with E-state index in [9.17, 15) is 19.4 Å². The van der Waals surface area contributed by atoms with Crippen LogP contribution in [0.15, 0.2) is 66.7 Å². The summed E-state index contributed by atoms with van der Waals surface area (Å²) in [6.07, 6.45) is -3.51. The second kappa shape index (κ2) is 8.61. The van der Waals surface area contributed by atoms with E-state index in [2.05, 4.69) is 10.3 Å². The molecule has 1 amide bonds. The second-order valence-corrected chi connectivity index (χ2v) is 7.10. The molecule has 4 rings (SSSR count). The maximum absolute atomic E-state index is 13.2. The molecule has 2 unspecified atom stereocenters. The van der Waals surface area contributed by atoms with Crippen LogP contribution >= 0.6 is 0 Å². The van der Waals surface area contributed by atoms with E-state index in [0.717, 1.165) is 28.3 Å². The minimum absolute atomic E-state index is 0.0168. The van der Waals surface area contributed by atoms with Gasteiger partial charge in [-0.1, -0.05) is 54.6 Å². The normalized spacial score (nSPS) is 14.5. The number of alkyl carbamates (subject to hydrolysis) is 1. The van der Waals surface area contributed by atoms with Gasteiger partial charge in [-0.15, -0.1) is 0 Å². The Morgan fingerprint density at radius 1 is 1.00 bits per heavy atom. The Hall–Kier alpha value is -3.29. The number of ether oxygens (including phenoxy) is 1. The van der Waals surface area contributed by atoms with E-state index < -0.39 is 24.2 Å². The maximum atomic E-state index is 13.2. The van der Waals surface area contributed by atoms with E-state index in [4.69, 9.17) is 4.74 Å². The van der Waals surface area contributed by atoms with Crippen molar-refractivity contribution >= 4 is 6.09 Å². The monoisotopic (exact) mass is 408 g/mol. The van der Waals surface area contributed by atoms with Gasteiger partial charge in [0.15, 0.2) is 0 Å². The lowest BCUT2D eigenvalue weighted by molar-refractivity contribution is 0.0156. The summed E-state index contributed by atoms with van der Waals surface area (Å²) in [4.78, 5) is 15.7. The van der Waals surface area contributed by atoms with Gasteiger partial charge in [-0.05, 0) is 34.4 Å². The highest BCUT2D eigenvalue weighted by molar-refractivity contribution is 5.79. The van der Waals surface area contributed by atoms with E-state index in [1.807, 2.05) is 48.5 Å². The fourth-order valence-corrected chi connectivity index (χ4v) is 3.73. The van der Waals surface area contributed by atoms with Gasteiger partial charge in [-0.25, -0.2) is 9.78 Å². The molecule has 0 fully saturated rings. The first kappa shape index (κ1) is 20.0. The molecule has 0 bridgehead atoms. The van der Waals surface area contributed by atoms with Gasteiger partial charge in [0.25, 0.3) is 0 Å². The number of hydrogen-bond donors (Lipinski definition) is 3. The van der Waals surface area contributed by atoms with Crippen molar-refractivity contribution in [3.05, 3.63) is 89.5 Å². The van der Waals surface area contributed by atoms with E-state index >= 15 is 0 Å². The van der Waals surface area contributed by atoms with Crippen LogP contribution in [0.1, 0.15) is 28.8 Å². The summed E-state index contributed by atoms with van der Waals surface area (Å²) in [5.74, 6) is -0.835. The third kappa shape index (κ3) is 4.03. The van der Waals surface area contributed by atoms with Gasteiger partial charge in [0.2, 0.25) is 5.95 Å². The maximum Gasteiger partial charge on any atom is 0.407 e. The molecule has 7 heteroatoms. The van der Waals surface area contributed by atoms with Crippen LogP contribution < -0.4 is 5.32 Å². The van der Waals surface area contributed by atoms with Gasteiger partial charge in [-0.3, -0.25) is 0 Å². The molecule has 1 aromatic heterocycles. The standard InChI is InChI=1S/C23H21FN2O4/c24-21-11-5-10-19(26-21)22(28)20(27)12-25-23(29)30-13-18-16-8-3-1-6-14(16)15-7-2-4-9-17(15)18/h1-11,18,20,22,27-28H,12-13H2,(H,25,29). The Labute approximate surface area is 173 Å². The molecule has 3 aromatic rings. The van der Waals surface area contributed by atoms with Crippen LogP contribution in [0.5, 0.6) is 0 Å². The lowest BCUT2D eigenvalue weighted by atomic mass is 9.98. The van der Waals surface area contributed by atoms with Crippen molar-refractivity contribution in [3.8, 4) is 11.1 Å². The number of halogens is 1. The average Bonchev–Trinajstić information content (AvgIpc) is 3.09. The molecular formula is C23H21FN2O4. The summed E-state index contributed by atoms with van der Waals surface area (Å²) in [6.45, 7) is -0.125. The second-order valence-electron chi connectivity index (χ2n) is 7.10. The summed E-state index contributed by atoms with van der Waals surface area (Å²) in [5.41, 5.74) is 4.43. The van der Waals surface area contributed by atoms with Crippen LogP contribution in [0.2, 0.25) is 0 Å². The number of nitrogens with one attached hydrogen (secondary N) is 1. The Bertz CT molecular complexity index is 1010. The first-order valence-electron chi connectivity index (χ1n) is 9.62. The fourth-order valence-electron chi connectivity index (χ4n) is 3.73. The van der Waals surface area contributed by atoms with Crippen molar-refractivity contribution in [1.29, 1.82) is 0 Å². The molecule has 6 nitrogen and oxygen atoms in total. The third-order valence-electron chi connectivity index (χ3n) is 5.20. The van der Waals surface area contributed by atoms with E-state index in [-0.39, 0.29) is 24.8 Å². The van der Waals surface area contributed by atoms with Crippen LogP contribution in [0.3, 0.4) is 0 Å². The Balaban J connectivity index is 1.34. The largest absolute Gasteiger partial charge is 0.449 e. The van der Waals surface area contributed by atoms with Gasteiger partial charge < -0.3 is 20.3 Å². The number of hydrogen-bond acceptors (Lipinski definition) is 5. The summed E-state index contributed by atoms with van der Waals surface area (Å²) >= 11 is 0. The number of nitrogens with zero attached hydrogens (tertiary/aromatic N) is 1. The number of pyridine rings is 1. The minimum atomic E-state index is -1.44. The van der Waals surface area contributed by atoms with E-state index in [0.29, 0.717) is 0 Å². The smallest absolute Gasteiger partial charge is 0.407 e. The number of carbonyl (C=O) groups is 1. The Kier molecular flexibility index (Phi) is 5.74. The van der Waals surface area contributed by atoms with Crippen molar-refractivity contribution in [2.75, 3.05) is 13.2 Å². The molecule has 3 N–H and O–H groups in total. The molecule has 0 saturated carbocycles. The number of amides is 1. The molecule has 1 aliphatic carbocycles. The molecule has 1 aliphatic rings. The number of carbonyl (C=O) groups excluding carboxylic acids is 1. The molecule has 30 heavy (non-hydrogen) atoms. The predicted octanol–water partition coefficient (Wildman–Crippen LogP) is 3.15. The molecule has 0 aliphatic heterocycles. The molecule has 2 aromatic carbocycles. The first-order valence-corrected chi connectivity index (χ1v) is 9.62. The van der Waals surface area contributed by atoms with Gasteiger partial charge in [-0.2, -0.15) is 4.39 Å². The SMILES string of the molecule is O=C(NCC(O)C(O)c1cccc(F)n1)OCC1c2ccccc2-c2ccccc21. The molecule has 154 valence electrons. The van der Waals surface area contributed by atoms with Gasteiger partial charge in [0, 0.05) is 12.5 Å². The zero-order valence-electron chi connectivity index (χ0n) is 16.0. The summed E-state index contributed by atoms with van der Waals surface area (Å²) < 4.78 is 18.5. The number of rotatable bonds is 6. The third-order valence-corrected chi connectivity index (χ3v) is 5.20. The van der Waals surface area contributed by atoms with Crippen molar-refractivity contribution in [2.24, 2.45) is 0 Å². The lowest BCUT2D eigenvalue weighted by Gasteiger charge is -2.18. The predicted molar refractivity (Wildman–Crippen MR) is 108 cm³/mol. The van der Waals surface area contributed by atoms with Crippen LogP contribution in [-0.4, -0.2) is 40.5 Å². The molecule has 2 atom stereocenters. The van der Waals surface area contributed by atoms with E-state index in [1.165, 1.54) is 12.1 Å². The summed E-state index contributed by atoms with van der Waals surface area (Å²) in [7, 11) is 0. The molecule has 0 radical (unpaired) electrons. The molecule has 0 spiro atoms. The molecule has 0 saturated heterocycles. The van der Waals surface area contributed by atoms with Crippen molar-refractivity contribution in [3.63, 3.8) is 0 Å². The molecule has 1 heterocycles. The van der Waals surface area contributed by atoms with E-state index in [1.54, 1.807) is 0 Å². The lowest BCUT2D eigenvalue weighted by Crippen LogP contribution is -2.36. The number of aliphatic hydroxyl groups excluding tert-OH is 2. The zero-order valence-corrected chi connectivity index (χ0v) is 16.0. The Morgan fingerprint density at radius 3 is 2.27 bits per heavy atom. The van der Waals surface area contributed by atoms with Gasteiger partial charge in [0.1, 0.15) is 18.8 Å². The number of aliphatic hydroxyl groups is 2. The zero-order chi connectivity index (χ0) is 21.1. The Morgan fingerprint density at radius 2 is 1.63 bits per heavy atom. The van der Waals surface area contributed by atoms with Crippen molar-refractivity contribution < 1.29 is 24.1 Å². The van der Waals surface area contributed by atoms with Crippen LogP contribution in [0, 0.1) is 5.95 Å². The molecular weight excluding hydrogens is 387 g/mol. The summed E-state index contributed by atoms with van der Waals surface area (Å²) in [6, 6.07) is 19.9. The highest BCUT2D eigenvalue weighted by Gasteiger charge is 2.29. The number of fused-ring (bicyclic) bond motifs is 3. The average molecular weight is 408 g/mol. The van der Waals surface area contributed by atoms with Crippen LogP contribution in [0.4, 0.5) is 9.18 Å². The van der Waals surface area contributed by atoms with Crippen molar-refractivity contribution in [1.82, 2.24) is 10.3 Å². The van der Waals surface area contributed by atoms with Crippen LogP contribution in [0.25, 0.3) is 11.1 Å². The summed E-state index contributed by atoms with van der Waals surface area (Å²) in [5, 5.41) is 22.6. The van der Waals surface area contributed by atoms with Gasteiger partial charge in [0.05, 0.1) is 5.69 Å². The topological polar surface area (TPSA) is 91.7 Å². The first-order chi connectivity index (χ1) is 14.5. The number of aromatic nitrogens is 1. The van der Waals surface area contributed by atoms with Gasteiger partial charge >= 0.3 is 6.09 Å². The number of benzene rings is 2. The highest BCUT2D eigenvalue weighted by atomic mass is 19.1. The minimum Gasteiger partial charge on any atom is -0.449 e. The van der Waals surface area contributed by atoms with Crippen LogP contribution in [-0.2, 0) is 4.74 Å². The van der Waals surface area contributed by atoms with Crippen molar-refractivity contribution in [2.45, 2.75) is 18.1 Å².